The van der Waals surface area contributed by atoms with Gasteiger partial charge in [0, 0.05) is 37.6 Å². The van der Waals surface area contributed by atoms with Gasteiger partial charge in [-0.05, 0) is 12.8 Å². The average Bonchev–Trinajstić information content (AvgIpc) is 2.53. The molecule has 72 valence electrons. The summed E-state index contributed by atoms with van der Waals surface area (Å²) in [5.41, 5.74) is 5.68. The van der Waals surface area contributed by atoms with Crippen molar-refractivity contribution in [2.45, 2.75) is 31.5 Å². The van der Waals surface area contributed by atoms with Crippen molar-refractivity contribution in [3.63, 3.8) is 0 Å². The van der Waals surface area contributed by atoms with Gasteiger partial charge in [-0.2, -0.15) is 0 Å². The predicted octanol–water partition coefficient (Wildman–Crippen LogP) is -0.0376. The van der Waals surface area contributed by atoms with Gasteiger partial charge in [0.2, 0.25) is 0 Å². The molecule has 0 aromatic carbocycles. The summed E-state index contributed by atoms with van der Waals surface area (Å²) in [6.45, 7) is 2.00. The molecule has 1 aliphatic rings. The van der Waals surface area contributed by atoms with Gasteiger partial charge >= 0.3 is 0 Å². The summed E-state index contributed by atoms with van der Waals surface area (Å²) in [6, 6.07) is 1.09. The van der Waals surface area contributed by atoms with Gasteiger partial charge < -0.3 is 15.6 Å². The fourth-order valence-corrected chi connectivity index (χ4v) is 1.65. The molecule has 1 aromatic heterocycles. The molecule has 0 atom stereocenters. The summed E-state index contributed by atoms with van der Waals surface area (Å²) in [4.78, 5) is 3.98. The quantitative estimate of drug-likeness (QED) is 0.683. The zero-order chi connectivity index (χ0) is 9.10. The number of rotatable bonds is 4. The van der Waals surface area contributed by atoms with E-state index in [0.717, 1.165) is 25.9 Å². The number of nitrogens with two attached hydrogens (primary N) is 1. The van der Waals surface area contributed by atoms with E-state index in [9.17, 15) is 0 Å². The van der Waals surface area contributed by atoms with Crippen LogP contribution < -0.4 is 11.1 Å². The van der Waals surface area contributed by atoms with Gasteiger partial charge in [0.15, 0.2) is 0 Å². The summed E-state index contributed by atoms with van der Waals surface area (Å²) in [7, 11) is 0. The molecule has 1 heterocycles. The average molecular weight is 180 g/mol. The molecule has 1 fully saturated rings. The third kappa shape index (κ3) is 2.29. The maximum absolute atomic E-state index is 5.68. The molecule has 1 saturated carbocycles. The number of hydrogen-bond donors (Lipinski definition) is 2. The van der Waals surface area contributed by atoms with Crippen LogP contribution in [0.1, 0.15) is 12.8 Å². The van der Waals surface area contributed by atoms with E-state index in [1.165, 1.54) is 0 Å². The molecule has 0 spiro atoms. The Morgan fingerprint density at radius 3 is 3.00 bits per heavy atom. The monoisotopic (exact) mass is 180 g/mol. The number of imidazole rings is 1. The first-order valence-electron chi connectivity index (χ1n) is 4.79. The number of nitrogens with one attached hydrogen (secondary N) is 1. The van der Waals surface area contributed by atoms with Crippen molar-refractivity contribution in [2.24, 2.45) is 5.73 Å². The Kier molecular flexibility index (Phi) is 2.61. The van der Waals surface area contributed by atoms with E-state index in [4.69, 9.17) is 5.73 Å². The Bertz CT molecular complexity index is 238. The van der Waals surface area contributed by atoms with E-state index in [0.29, 0.717) is 12.1 Å². The van der Waals surface area contributed by atoms with Crippen molar-refractivity contribution in [2.75, 3.05) is 6.54 Å². The van der Waals surface area contributed by atoms with Crippen molar-refractivity contribution in [1.29, 1.82) is 0 Å². The van der Waals surface area contributed by atoms with Crippen LogP contribution in [0.15, 0.2) is 18.7 Å². The van der Waals surface area contributed by atoms with Gasteiger partial charge in [-0.25, -0.2) is 4.98 Å². The normalized spacial score (nSPS) is 27.2. The molecule has 2 rings (SSSR count). The molecule has 3 N–H and O–H groups in total. The molecular formula is C9H16N4. The molecule has 1 aromatic rings. The first-order chi connectivity index (χ1) is 6.34. The van der Waals surface area contributed by atoms with Crippen LogP contribution in [0.3, 0.4) is 0 Å². The van der Waals surface area contributed by atoms with E-state index in [2.05, 4.69) is 14.9 Å². The van der Waals surface area contributed by atoms with Crippen LogP contribution in [0.4, 0.5) is 0 Å². The largest absolute Gasteiger partial charge is 0.336 e. The molecule has 13 heavy (non-hydrogen) atoms. The van der Waals surface area contributed by atoms with Gasteiger partial charge in [-0.3, -0.25) is 0 Å². The summed E-state index contributed by atoms with van der Waals surface area (Å²) in [6.07, 6.45) is 7.88. The highest BCUT2D eigenvalue weighted by atomic mass is 15.1. The summed E-state index contributed by atoms with van der Waals surface area (Å²) in [5, 5.41) is 3.46. The fourth-order valence-electron chi connectivity index (χ4n) is 1.65. The molecule has 0 radical (unpaired) electrons. The van der Waals surface area contributed by atoms with Crippen LogP contribution in [0, 0.1) is 0 Å². The first kappa shape index (κ1) is 8.72. The van der Waals surface area contributed by atoms with Crippen LogP contribution >= 0.6 is 0 Å². The molecule has 1 aliphatic carbocycles. The number of nitrogens with zero attached hydrogens (tertiary/aromatic N) is 2. The summed E-state index contributed by atoms with van der Waals surface area (Å²) in [5.74, 6) is 0. The molecule has 4 heteroatoms. The third-order valence-corrected chi connectivity index (χ3v) is 2.54. The minimum Gasteiger partial charge on any atom is -0.336 e. The van der Waals surface area contributed by atoms with Crippen molar-refractivity contribution >= 4 is 0 Å². The second kappa shape index (κ2) is 3.89. The minimum absolute atomic E-state index is 0.436. The van der Waals surface area contributed by atoms with E-state index < -0.39 is 0 Å². The second-order valence-electron chi connectivity index (χ2n) is 3.68. The van der Waals surface area contributed by atoms with Crippen molar-refractivity contribution in [1.82, 2.24) is 14.9 Å². The van der Waals surface area contributed by atoms with Crippen LogP contribution in [-0.2, 0) is 6.54 Å². The standard InChI is InChI=1S/C9H16N4/c10-8-5-9(6-8)12-2-4-13-3-1-11-7-13/h1,3,7-9,12H,2,4-6,10H2. The van der Waals surface area contributed by atoms with Crippen LogP contribution in [0.25, 0.3) is 0 Å². The van der Waals surface area contributed by atoms with Gasteiger partial charge in [-0.15, -0.1) is 0 Å². The van der Waals surface area contributed by atoms with Crippen molar-refractivity contribution < 1.29 is 0 Å². The van der Waals surface area contributed by atoms with Gasteiger partial charge in [-0.1, -0.05) is 0 Å². The fraction of sp³-hybridized carbons (Fsp3) is 0.667. The Morgan fingerprint density at radius 2 is 2.38 bits per heavy atom. The SMILES string of the molecule is NC1CC(NCCn2ccnc2)C1. The molecular weight excluding hydrogens is 164 g/mol. The molecule has 0 unspecified atom stereocenters. The Morgan fingerprint density at radius 1 is 1.54 bits per heavy atom. The lowest BCUT2D eigenvalue weighted by atomic mass is 9.88. The second-order valence-corrected chi connectivity index (χ2v) is 3.68. The van der Waals surface area contributed by atoms with Crippen molar-refractivity contribution in [3.05, 3.63) is 18.7 Å². The Balaban J connectivity index is 1.59. The first-order valence-corrected chi connectivity index (χ1v) is 4.79. The van der Waals surface area contributed by atoms with E-state index in [-0.39, 0.29) is 0 Å². The Hall–Kier alpha value is -0.870. The molecule has 0 aliphatic heterocycles. The van der Waals surface area contributed by atoms with Crippen molar-refractivity contribution in [3.8, 4) is 0 Å². The maximum Gasteiger partial charge on any atom is 0.0946 e. The topological polar surface area (TPSA) is 55.9 Å². The van der Waals surface area contributed by atoms with Crippen LogP contribution in [-0.4, -0.2) is 28.2 Å². The molecule has 0 amide bonds. The smallest absolute Gasteiger partial charge is 0.0946 e. The maximum atomic E-state index is 5.68. The summed E-state index contributed by atoms with van der Waals surface area (Å²) >= 11 is 0. The molecule has 0 bridgehead atoms. The Labute approximate surface area is 78.1 Å². The van der Waals surface area contributed by atoms with Gasteiger partial charge in [0.1, 0.15) is 0 Å². The van der Waals surface area contributed by atoms with E-state index in [1.807, 2.05) is 12.5 Å². The lowest BCUT2D eigenvalue weighted by Crippen LogP contribution is -2.49. The van der Waals surface area contributed by atoms with Gasteiger partial charge in [0.05, 0.1) is 6.33 Å². The number of aromatic nitrogens is 2. The highest BCUT2D eigenvalue weighted by molar-refractivity contribution is 4.87. The molecule has 4 nitrogen and oxygen atoms in total. The highest BCUT2D eigenvalue weighted by Gasteiger charge is 2.24. The van der Waals surface area contributed by atoms with Crippen LogP contribution in [0.2, 0.25) is 0 Å². The zero-order valence-electron chi connectivity index (χ0n) is 7.69. The lowest BCUT2D eigenvalue weighted by molar-refractivity contribution is 0.289. The predicted molar refractivity (Wildman–Crippen MR) is 51.2 cm³/mol. The zero-order valence-corrected chi connectivity index (χ0v) is 7.69. The van der Waals surface area contributed by atoms with Gasteiger partial charge in [0.25, 0.3) is 0 Å². The highest BCUT2D eigenvalue weighted by Crippen LogP contribution is 2.16. The third-order valence-electron chi connectivity index (χ3n) is 2.54. The lowest BCUT2D eigenvalue weighted by Gasteiger charge is -2.33. The summed E-state index contributed by atoms with van der Waals surface area (Å²) < 4.78 is 2.07. The minimum atomic E-state index is 0.436. The van der Waals surface area contributed by atoms with E-state index >= 15 is 0 Å². The van der Waals surface area contributed by atoms with Crippen LogP contribution in [0.5, 0.6) is 0 Å². The van der Waals surface area contributed by atoms with E-state index in [1.54, 1.807) is 6.20 Å². The number of hydrogen-bond acceptors (Lipinski definition) is 3. The molecule has 0 saturated heterocycles.